The highest BCUT2D eigenvalue weighted by Crippen LogP contribution is 2.25. The summed E-state index contributed by atoms with van der Waals surface area (Å²) in [7, 11) is 1.62. The molecule has 0 saturated carbocycles. The molecule has 28 heavy (non-hydrogen) atoms. The van der Waals surface area contributed by atoms with Crippen molar-refractivity contribution in [1.82, 2.24) is 20.1 Å². The van der Waals surface area contributed by atoms with Gasteiger partial charge in [0, 0.05) is 18.6 Å². The fraction of sp³-hybridized carbons (Fsp3) is 0.389. The number of nitrogens with zero attached hydrogens (tertiary/aromatic N) is 3. The molecule has 0 aliphatic heterocycles. The third kappa shape index (κ3) is 3.99. The Labute approximate surface area is 165 Å². The van der Waals surface area contributed by atoms with E-state index in [1.54, 1.807) is 42.8 Å². The first-order valence-electron chi connectivity index (χ1n) is 8.57. The van der Waals surface area contributed by atoms with Crippen LogP contribution in [-0.4, -0.2) is 61.4 Å². The van der Waals surface area contributed by atoms with Crippen molar-refractivity contribution in [2.75, 3.05) is 19.8 Å². The first-order chi connectivity index (χ1) is 13.4. The highest BCUT2D eigenvalue weighted by Gasteiger charge is 2.32. The van der Waals surface area contributed by atoms with Gasteiger partial charge in [0.25, 0.3) is 5.91 Å². The molecule has 0 radical (unpaired) electrons. The number of aliphatic hydroxyl groups excluding tert-OH is 3. The molecule has 3 aromatic rings. The molecule has 1 amide bonds. The molecule has 10 heteroatoms. The molecule has 9 nitrogen and oxygen atoms in total. The molecule has 0 unspecified atom stereocenters. The van der Waals surface area contributed by atoms with Gasteiger partial charge in [0.1, 0.15) is 23.6 Å². The Balaban J connectivity index is 1.87. The highest BCUT2D eigenvalue weighted by molar-refractivity contribution is 7.11. The van der Waals surface area contributed by atoms with E-state index in [4.69, 9.17) is 4.74 Å². The number of benzene rings is 1. The first-order valence-corrected chi connectivity index (χ1v) is 9.39. The van der Waals surface area contributed by atoms with Crippen LogP contribution in [0, 0.1) is 6.92 Å². The first kappa shape index (κ1) is 20.2. The SMILES string of the molecule is Cc1ncc(COc2ccc3nn(C)c(C(=O)NC(CO)(CO)CO)c3c2)s1. The number of carbonyl (C=O) groups is 1. The number of nitrogens with one attached hydrogen (secondary N) is 1. The molecular formula is C18H22N4O5S. The lowest BCUT2D eigenvalue weighted by atomic mass is 10.0. The summed E-state index contributed by atoms with van der Waals surface area (Å²) >= 11 is 1.55. The van der Waals surface area contributed by atoms with Crippen LogP contribution >= 0.6 is 11.3 Å². The molecule has 0 bridgehead atoms. The largest absolute Gasteiger partial charge is 0.488 e. The van der Waals surface area contributed by atoms with Crippen LogP contribution in [-0.2, 0) is 13.7 Å². The van der Waals surface area contributed by atoms with Gasteiger partial charge in [-0.25, -0.2) is 4.98 Å². The number of aromatic nitrogens is 3. The summed E-state index contributed by atoms with van der Waals surface area (Å²) in [6.45, 7) is 0.464. The summed E-state index contributed by atoms with van der Waals surface area (Å²) in [6.07, 6.45) is 1.76. The molecule has 4 N–H and O–H groups in total. The highest BCUT2D eigenvalue weighted by atomic mass is 32.1. The van der Waals surface area contributed by atoms with Gasteiger partial charge in [-0.1, -0.05) is 0 Å². The topological polar surface area (TPSA) is 130 Å². The van der Waals surface area contributed by atoms with Crippen LogP contribution in [0.2, 0.25) is 0 Å². The van der Waals surface area contributed by atoms with E-state index < -0.39 is 31.3 Å². The maximum atomic E-state index is 12.8. The van der Waals surface area contributed by atoms with E-state index in [1.807, 2.05) is 6.92 Å². The van der Waals surface area contributed by atoms with Gasteiger partial charge < -0.3 is 25.4 Å². The van der Waals surface area contributed by atoms with Crippen LogP contribution in [0.15, 0.2) is 24.4 Å². The van der Waals surface area contributed by atoms with Gasteiger partial charge in [-0.05, 0) is 25.1 Å². The zero-order chi connectivity index (χ0) is 20.3. The van der Waals surface area contributed by atoms with Crippen molar-refractivity contribution < 1.29 is 24.9 Å². The number of hydrogen-bond acceptors (Lipinski definition) is 8. The van der Waals surface area contributed by atoms with Crippen molar-refractivity contribution in [3.63, 3.8) is 0 Å². The Hall–Kier alpha value is -2.53. The van der Waals surface area contributed by atoms with Gasteiger partial charge in [-0.2, -0.15) is 5.10 Å². The Bertz CT molecular complexity index is 971. The second-order valence-electron chi connectivity index (χ2n) is 6.49. The van der Waals surface area contributed by atoms with Crippen molar-refractivity contribution in [2.45, 2.75) is 19.1 Å². The minimum Gasteiger partial charge on any atom is -0.488 e. The molecule has 2 heterocycles. The van der Waals surface area contributed by atoms with Crippen LogP contribution in [0.1, 0.15) is 20.4 Å². The second kappa shape index (κ2) is 8.23. The Kier molecular flexibility index (Phi) is 5.94. The minimum atomic E-state index is -1.52. The predicted octanol–water partition coefficient (Wildman–Crippen LogP) is 0.363. The Morgan fingerprint density at radius 2 is 2.00 bits per heavy atom. The van der Waals surface area contributed by atoms with E-state index in [0.29, 0.717) is 23.3 Å². The quantitative estimate of drug-likeness (QED) is 0.425. The van der Waals surface area contributed by atoms with Gasteiger partial charge in [-0.3, -0.25) is 9.48 Å². The molecule has 0 atom stereocenters. The molecule has 0 saturated heterocycles. The van der Waals surface area contributed by atoms with Crippen molar-refractivity contribution >= 4 is 28.1 Å². The van der Waals surface area contributed by atoms with Crippen molar-refractivity contribution in [3.8, 4) is 5.75 Å². The lowest BCUT2D eigenvalue weighted by molar-refractivity contribution is 0.0372. The van der Waals surface area contributed by atoms with Gasteiger partial charge in [0.15, 0.2) is 0 Å². The van der Waals surface area contributed by atoms with E-state index >= 15 is 0 Å². The summed E-state index contributed by atoms with van der Waals surface area (Å²) in [5.74, 6) is -0.00396. The summed E-state index contributed by atoms with van der Waals surface area (Å²) < 4.78 is 7.21. The van der Waals surface area contributed by atoms with E-state index in [1.165, 1.54) is 4.68 Å². The van der Waals surface area contributed by atoms with E-state index in [2.05, 4.69) is 15.4 Å². The number of thiazole rings is 1. The summed E-state index contributed by atoms with van der Waals surface area (Å²) in [6, 6.07) is 5.23. The normalized spacial score (nSPS) is 11.8. The molecule has 0 fully saturated rings. The molecule has 150 valence electrons. The zero-order valence-corrected chi connectivity index (χ0v) is 16.4. The maximum absolute atomic E-state index is 12.8. The molecule has 0 aliphatic rings. The smallest absolute Gasteiger partial charge is 0.270 e. The van der Waals surface area contributed by atoms with Crippen LogP contribution in [0.4, 0.5) is 0 Å². The standard InChI is InChI=1S/C18H22N4O5S/c1-11-19-6-13(28-11)7-27-12-3-4-15-14(5-12)16(22(2)21-15)17(26)20-18(8-23,9-24)10-25/h3-6,23-25H,7-10H2,1-2H3,(H,20,26). The van der Waals surface area contributed by atoms with Crippen LogP contribution in [0.25, 0.3) is 10.9 Å². The average Bonchev–Trinajstić information content (AvgIpc) is 3.26. The minimum absolute atomic E-state index is 0.230. The summed E-state index contributed by atoms with van der Waals surface area (Å²) in [5, 5.41) is 36.7. The van der Waals surface area contributed by atoms with Gasteiger partial charge in [-0.15, -0.1) is 11.3 Å². The number of aliphatic hydroxyl groups is 3. The molecule has 0 spiro atoms. The summed E-state index contributed by atoms with van der Waals surface area (Å²) in [4.78, 5) is 17.9. The summed E-state index contributed by atoms with van der Waals surface area (Å²) in [5.41, 5.74) is -0.698. The van der Waals surface area contributed by atoms with Crippen molar-refractivity contribution in [2.24, 2.45) is 7.05 Å². The molecule has 2 aromatic heterocycles. The van der Waals surface area contributed by atoms with Crippen LogP contribution in [0.3, 0.4) is 0 Å². The van der Waals surface area contributed by atoms with Gasteiger partial charge >= 0.3 is 0 Å². The zero-order valence-electron chi connectivity index (χ0n) is 15.5. The number of hydrogen-bond donors (Lipinski definition) is 4. The number of fused-ring (bicyclic) bond motifs is 1. The van der Waals surface area contributed by atoms with Crippen LogP contribution < -0.4 is 10.1 Å². The monoisotopic (exact) mass is 406 g/mol. The number of amides is 1. The molecule has 1 aromatic carbocycles. The van der Waals surface area contributed by atoms with Crippen LogP contribution in [0.5, 0.6) is 5.75 Å². The van der Waals surface area contributed by atoms with Crippen molar-refractivity contribution in [3.05, 3.63) is 40.0 Å². The second-order valence-corrected chi connectivity index (χ2v) is 7.81. The molecular weight excluding hydrogens is 384 g/mol. The Morgan fingerprint density at radius 3 is 2.61 bits per heavy atom. The van der Waals surface area contributed by atoms with Gasteiger partial charge in [0.2, 0.25) is 0 Å². The Morgan fingerprint density at radius 1 is 1.29 bits per heavy atom. The maximum Gasteiger partial charge on any atom is 0.270 e. The number of rotatable bonds is 8. The third-order valence-electron chi connectivity index (χ3n) is 4.36. The van der Waals surface area contributed by atoms with E-state index in [-0.39, 0.29) is 5.69 Å². The van der Waals surface area contributed by atoms with E-state index in [9.17, 15) is 20.1 Å². The molecule has 0 aliphatic carbocycles. The number of carbonyl (C=O) groups excluding carboxylic acids is 1. The van der Waals surface area contributed by atoms with E-state index in [0.717, 1.165) is 9.88 Å². The van der Waals surface area contributed by atoms with Crippen molar-refractivity contribution in [1.29, 1.82) is 0 Å². The number of aryl methyl sites for hydroxylation is 2. The fourth-order valence-electron chi connectivity index (χ4n) is 2.73. The predicted molar refractivity (Wildman–Crippen MR) is 103 cm³/mol. The fourth-order valence-corrected chi connectivity index (χ4v) is 3.44. The molecule has 3 rings (SSSR count). The third-order valence-corrected chi connectivity index (χ3v) is 5.24. The van der Waals surface area contributed by atoms with Gasteiger partial charge in [0.05, 0.1) is 35.2 Å². The number of ether oxygens (including phenoxy) is 1. The lowest BCUT2D eigenvalue weighted by Crippen LogP contribution is -2.57. The average molecular weight is 406 g/mol. The lowest BCUT2D eigenvalue weighted by Gasteiger charge is -2.28.